The lowest BCUT2D eigenvalue weighted by atomic mass is 10.2. The van der Waals surface area contributed by atoms with Crippen LogP contribution in [0.15, 0.2) is 71.7 Å². The number of benzene rings is 3. The third-order valence-corrected chi connectivity index (χ3v) is 6.26. The Morgan fingerprint density at radius 1 is 0.971 bits per heavy atom. The average Bonchev–Trinajstić information content (AvgIpc) is 3.19. The van der Waals surface area contributed by atoms with Crippen LogP contribution < -0.4 is 19.0 Å². The van der Waals surface area contributed by atoms with Crippen molar-refractivity contribution in [1.29, 1.82) is 0 Å². The second-order valence-corrected chi connectivity index (χ2v) is 8.60. The summed E-state index contributed by atoms with van der Waals surface area (Å²) in [6.07, 6.45) is 0. The van der Waals surface area contributed by atoms with Crippen LogP contribution in [-0.2, 0) is 16.1 Å². The third kappa shape index (κ3) is 5.04. The van der Waals surface area contributed by atoms with Crippen molar-refractivity contribution in [2.45, 2.75) is 13.5 Å². The molecule has 1 amide bonds. The van der Waals surface area contributed by atoms with Crippen LogP contribution in [0.4, 0.5) is 0 Å². The number of nitrogens with zero attached hydrogens (tertiary/aromatic N) is 2. The third-order valence-electron chi connectivity index (χ3n) is 5.22. The summed E-state index contributed by atoms with van der Waals surface area (Å²) >= 11 is 1.29. The van der Waals surface area contributed by atoms with Gasteiger partial charge in [-0.05, 0) is 43.3 Å². The van der Waals surface area contributed by atoms with Gasteiger partial charge in [0.1, 0.15) is 31.3 Å². The molecule has 0 unspecified atom stereocenters. The van der Waals surface area contributed by atoms with E-state index in [0.29, 0.717) is 52.1 Å². The summed E-state index contributed by atoms with van der Waals surface area (Å²) in [5.74, 6) is 1.68. The number of fused-ring (bicyclic) bond motifs is 2. The minimum Gasteiger partial charge on any atom is -0.486 e. The summed E-state index contributed by atoms with van der Waals surface area (Å²) in [6, 6.07) is 19.8. The van der Waals surface area contributed by atoms with Gasteiger partial charge in [0.15, 0.2) is 16.3 Å². The van der Waals surface area contributed by atoms with Gasteiger partial charge in [0.05, 0.1) is 16.8 Å². The van der Waals surface area contributed by atoms with E-state index in [1.165, 1.54) is 11.3 Å². The molecular weight excluding hydrogens is 468 g/mol. The maximum Gasteiger partial charge on any atom is 0.326 e. The zero-order chi connectivity index (χ0) is 24.2. The summed E-state index contributed by atoms with van der Waals surface area (Å²) in [4.78, 5) is 30.0. The zero-order valence-electron chi connectivity index (χ0n) is 18.9. The molecule has 5 rings (SSSR count). The van der Waals surface area contributed by atoms with Gasteiger partial charge in [0.2, 0.25) is 0 Å². The highest BCUT2D eigenvalue weighted by molar-refractivity contribution is 7.16. The number of aromatic nitrogens is 1. The summed E-state index contributed by atoms with van der Waals surface area (Å²) in [6.45, 7) is 2.84. The molecule has 0 fully saturated rings. The average molecular weight is 491 g/mol. The van der Waals surface area contributed by atoms with Gasteiger partial charge in [-0.2, -0.15) is 4.99 Å². The fraction of sp³-hybridized carbons (Fsp3) is 0.192. The molecule has 2 heterocycles. The molecule has 1 aliphatic rings. The van der Waals surface area contributed by atoms with E-state index in [4.69, 9.17) is 18.9 Å². The van der Waals surface area contributed by atoms with Crippen molar-refractivity contribution in [3.05, 3.63) is 77.1 Å². The van der Waals surface area contributed by atoms with Crippen molar-refractivity contribution in [2.24, 2.45) is 4.99 Å². The van der Waals surface area contributed by atoms with Gasteiger partial charge in [0, 0.05) is 17.7 Å². The van der Waals surface area contributed by atoms with Gasteiger partial charge in [-0.1, -0.05) is 29.5 Å². The first-order valence-corrected chi connectivity index (χ1v) is 11.9. The van der Waals surface area contributed by atoms with Crippen molar-refractivity contribution in [3.8, 4) is 23.0 Å². The summed E-state index contributed by atoms with van der Waals surface area (Å²) in [5, 5.41) is 0. The van der Waals surface area contributed by atoms with Gasteiger partial charge in [0.25, 0.3) is 5.91 Å². The molecule has 178 valence electrons. The highest BCUT2D eigenvalue weighted by atomic mass is 32.1. The van der Waals surface area contributed by atoms with Crippen LogP contribution in [0.3, 0.4) is 0 Å². The number of carbonyl (C=O) groups excluding carboxylic acids is 2. The Morgan fingerprint density at radius 2 is 1.66 bits per heavy atom. The van der Waals surface area contributed by atoms with Crippen molar-refractivity contribution in [3.63, 3.8) is 0 Å². The van der Waals surface area contributed by atoms with E-state index in [2.05, 4.69) is 4.99 Å². The summed E-state index contributed by atoms with van der Waals surface area (Å²) < 4.78 is 24.8. The van der Waals surface area contributed by atoms with E-state index in [-0.39, 0.29) is 13.2 Å². The van der Waals surface area contributed by atoms with Crippen molar-refractivity contribution in [1.82, 2.24) is 4.57 Å². The predicted molar refractivity (Wildman–Crippen MR) is 130 cm³/mol. The van der Waals surface area contributed by atoms with Gasteiger partial charge < -0.3 is 23.5 Å². The summed E-state index contributed by atoms with van der Waals surface area (Å²) in [7, 11) is 0. The Hall–Kier alpha value is -4.11. The van der Waals surface area contributed by atoms with Gasteiger partial charge in [-0.15, -0.1) is 0 Å². The first-order chi connectivity index (χ1) is 17.1. The number of para-hydroxylation sites is 1. The molecule has 0 radical (unpaired) electrons. The molecule has 1 aromatic heterocycles. The quantitative estimate of drug-likeness (QED) is 0.368. The van der Waals surface area contributed by atoms with E-state index < -0.39 is 11.9 Å². The molecule has 8 nitrogen and oxygen atoms in total. The maximum atomic E-state index is 13.0. The second kappa shape index (κ2) is 10.0. The highest BCUT2D eigenvalue weighted by Gasteiger charge is 2.18. The molecular formula is C26H22N2O6S. The number of rotatable bonds is 6. The fourth-order valence-corrected chi connectivity index (χ4v) is 4.66. The minimum atomic E-state index is -0.433. The molecule has 0 atom stereocenters. The van der Waals surface area contributed by atoms with E-state index in [0.717, 1.165) is 4.70 Å². The Labute approximate surface area is 205 Å². The maximum absolute atomic E-state index is 13.0. The standard InChI is InChI=1S/C26H22N2O6S/c1-2-31-24(29)16-28-20-14-21-22(33-13-12-32-21)15-23(20)35-26(28)27-25(30)17-8-10-19(11-9-17)34-18-6-4-3-5-7-18/h3-11,14-15H,2,12-13,16H2,1H3. The van der Waals surface area contributed by atoms with E-state index in [1.54, 1.807) is 41.8 Å². The van der Waals surface area contributed by atoms with Crippen LogP contribution >= 0.6 is 11.3 Å². The largest absolute Gasteiger partial charge is 0.486 e. The molecule has 3 aromatic carbocycles. The molecule has 0 saturated heterocycles. The number of thiazole rings is 1. The normalized spacial score (nSPS) is 13.0. The Balaban J connectivity index is 1.48. The topological polar surface area (TPSA) is 88.4 Å². The minimum absolute atomic E-state index is 0.0799. The van der Waals surface area contributed by atoms with Crippen molar-refractivity contribution in [2.75, 3.05) is 19.8 Å². The first-order valence-electron chi connectivity index (χ1n) is 11.1. The number of hydrogen-bond donors (Lipinski definition) is 0. The number of carbonyl (C=O) groups is 2. The predicted octanol–water partition coefficient (Wildman–Crippen LogP) is 4.57. The molecule has 0 spiro atoms. The molecule has 1 aliphatic heterocycles. The molecule has 0 N–H and O–H groups in total. The van der Waals surface area contributed by atoms with Crippen LogP contribution in [-0.4, -0.2) is 36.3 Å². The summed E-state index contributed by atoms with van der Waals surface area (Å²) in [5.41, 5.74) is 1.11. The monoisotopic (exact) mass is 490 g/mol. The lowest BCUT2D eigenvalue weighted by Gasteiger charge is -2.18. The van der Waals surface area contributed by atoms with Gasteiger partial charge in [-0.25, -0.2) is 0 Å². The van der Waals surface area contributed by atoms with E-state index >= 15 is 0 Å². The second-order valence-electron chi connectivity index (χ2n) is 7.60. The smallest absolute Gasteiger partial charge is 0.326 e. The number of hydrogen-bond acceptors (Lipinski definition) is 7. The zero-order valence-corrected chi connectivity index (χ0v) is 19.7. The first kappa shape index (κ1) is 22.7. The van der Waals surface area contributed by atoms with Crippen LogP contribution in [0.2, 0.25) is 0 Å². The number of ether oxygens (including phenoxy) is 4. The SMILES string of the molecule is CCOC(=O)Cn1c(=NC(=O)c2ccc(Oc3ccccc3)cc2)sc2cc3c(cc21)OCCO3. The van der Waals surface area contributed by atoms with Crippen LogP contribution in [0, 0.1) is 0 Å². The van der Waals surface area contributed by atoms with Crippen LogP contribution in [0.1, 0.15) is 17.3 Å². The Morgan fingerprint density at radius 3 is 2.37 bits per heavy atom. The van der Waals surface area contributed by atoms with Gasteiger partial charge >= 0.3 is 5.97 Å². The number of amides is 1. The lowest BCUT2D eigenvalue weighted by Crippen LogP contribution is -2.23. The molecule has 4 aromatic rings. The molecule has 35 heavy (non-hydrogen) atoms. The van der Waals surface area contributed by atoms with Crippen LogP contribution in [0.5, 0.6) is 23.0 Å². The fourth-order valence-electron chi connectivity index (χ4n) is 3.62. The Kier molecular flexibility index (Phi) is 6.49. The van der Waals surface area contributed by atoms with E-state index in [9.17, 15) is 9.59 Å². The molecule has 0 aliphatic carbocycles. The van der Waals surface area contributed by atoms with Crippen LogP contribution in [0.25, 0.3) is 10.2 Å². The Bertz CT molecular complexity index is 1440. The molecule has 9 heteroatoms. The van der Waals surface area contributed by atoms with Crippen molar-refractivity contribution >= 4 is 33.4 Å². The van der Waals surface area contributed by atoms with Crippen molar-refractivity contribution < 1.29 is 28.5 Å². The van der Waals surface area contributed by atoms with E-state index in [1.807, 2.05) is 36.4 Å². The highest BCUT2D eigenvalue weighted by Crippen LogP contribution is 2.35. The van der Waals surface area contributed by atoms with Gasteiger partial charge in [-0.3, -0.25) is 9.59 Å². The molecule has 0 saturated carbocycles. The number of esters is 1. The lowest BCUT2D eigenvalue weighted by molar-refractivity contribution is -0.143. The molecule has 0 bridgehead atoms.